The van der Waals surface area contributed by atoms with Crippen LogP contribution in [0.1, 0.15) is 46.2 Å². The lowest BCUT2D eigenvalue weighted by atomic mass is 9.92. The third-order valence-electron chi connectivity index (χ3n) is 2.31. The highest BCUT2D eigenvalue weighted by Gasteiger charge is 2.19. The number of aryl methyl sites for hydroxylation is 1. The van der Waals surface area contributed by atoms with Crippen LogP contribution >= 0.6 is 0 Å². The smallest absolute Gasteiger partial charge is 0.264 e. The van der Waals surface area contributed by atoms with Crippen LogP contribution in [-0.2, 0) is 12.0 Å². The van der Waals surface area contributed by atoms with E-state index >= 15 is 0 Å². The third-order valence-corrected chi connectivity index (χ3v) is 2.31. The number of nitrogens with zero attached hydrogens (tertiary/aromatic N) is 1. The van der Waals surface area contributed by atoms with Crippen LogP contribution in [0.5, 0.6) is 0 Å². The Bertz CT molecular complexity index is 341. The Morgan fingerprint density at radius 2 is 2.07 bits per heavy atom. The predicted molar refractivity (Wildman–Crippen MR) is 58.7 cm³/mol. The minimum atomic E-state index is 0.00558. The van der Waals surface area contributed by atoms with E-state index in [4.69, 9.17) is 0 Å². The molecule has 1 aromatic rings. The van der Waals surface area contributed by atoms with E-state index in [0.717, 1.165) is 25.1 Å². The second kappa shape index (κ2) is 4.03. The molecule has 1 heterocycles. The summed E-state index contributed by atoms with van der Waals surface area (Å²) in [6, 6.07) is 1.70. The van der Waals surface area contributed by atoms with E-state index in [1.807, 2.05) is 4.68 Å². The summed E-state index contributed by atoms with van der Waals surface area (Å²) in [5, 5.41) is 2.85. The zero-order chi connectivity index (χ0) is 10.8. The van der Waals surface area contributed by atoms with Gasteiger partial charge in [-0.3, -0.25) is 14.6 Å². The van der Waals surface area contributed by atoms with Crippen LogP contribution in [0.4, 0.5) is 0 Å². The second-order valence-corrected chi connectivity index (χ2v) is 4.76. The van der Waals surface area contributed by atoms with Crippen molar-refractivity contribution in [3.63, 3.8) is 0 Å². The molecule has 1 rings (SSSR count). The van der Waals surface area contributed by atoms with Gasteiger partial charge in [0, 0.05) is 23.7 Å². The maximum Gasteiger partial charge on any atom is 0.264 e. The van der Waals surface area contributed by atoms with Gasteiger partial charge in [-0.2, -0.15) is 0 Å². The van der Waals surface area contributed by atoms with Gasteiger partial charge in [0.2, 0.25) is 0 Å². The molecule has 0 aliphatic heterocycles. The monoisotopic (exact) mass is 196 g/mol. The first-order valence-corrected chi connectivity index (χ1v) is 5.25. The van der Waals surface area contributed by atoms with Gasteiger partial charge in [-0.15, -0.1) is 0 Å². The van der Waals surface area contributed by atoms with Gasteiger partial charge < -0.3 is 0 Å². The Balaban J connectivity index is 2.97. The van der Waals surface area contributed by atoms with Crippen LogP contribution in [0.2, 0.25) is 0 Å². The number of nitrogens with one attached hydrogen (secondary N) is 1. The van der Waals surface area contributed by atoms with Crippen LogP contribution < -0.4 is 5.56 Å². The fourth-order valence-electron chi connectivity index (χ4n) is 1.54. The number of aromatic amines is 1. The Hall–Kier alpha value is -0.990. The van der Waals surface area contributed by atoms with Crippen molar-refractivity contribution < 1.29 is 0 Å². The Kier molecular flexibility index (Phi) is 3.19. The van der Waals surface area contributed by atoms with Gasteiger partial charge in [-0.25, -0.2) is 0 Å². The van der Waals surface area contributed by atoms with Crippen molar-refractivity contribution >= 4 is 0 Å². The van der Waals surface area contributed by atoms with Crippen molar-refractivity contribution in [2.45, 2.75) is 52.5 Å². The molecule has 3 heteroatoms. The van der Waals surface area contributed by atoms with Crippen molar-refractivity contribution in [3.8, 4) is 0 Å². The summed E-state index contributed by atoms with van der Waals surface area (Å²) in [5.74, 6) is 0. The van der Waals surface area contributed by atoms with E-state index < -0.39 is 0 Å². The molecular formula is C11H20N2O. The molecule has 14 heavy (non-hydrogen) atoms. The van der Waals surface area contributed by atoms with E-state index in [2.05, 4.69) is 32.8 Å². The van der Waals surface area contributed by atoms with Gasteiger partial charge in [0.1, 0.15) is 0 Å². The standard InChI is InChI=1S/C11H20N2O/c1-5-6-7-13-9(11(2,3)4)8-10(14)12-13/h8H,5-7H2,1-4H3,(H,12,14). The summed E-state index contributed by atoms with van der Waals surface area (Å²) in [6.07, 6.45) is 2.25. The molecule has 3 nitrogen and oxygen atoms in total. The lowest BCUT2D eigenvalue weighted by molar-refractivity contribution is 0.471. The van der Waals surface area contributed by atoms with E-state index in [0.29, 0.717) is 0 Å². The van der Waals surface area contributed by atoms with Gasteiger partial charge in [0.15, 0.2) is 0 Å². The maximum absolute atomic E-state index is 11.2. The summed E-state index contributed by atoms with van der Waals surface area (Å²) < 4.78 is 1.98. The second-order valence-electron chi connectivity index (χ2n) is 4.76. The molecule has 1 aromatic heterocycles. The zero-order valence-electron chi connectivity index (χ0n) is 9.55. The van der Waals surface area contributed by atoms with Gasteiger partial charge in [-0.1, -0.05) is 34.1 Å². The highest BCUT2D eigenvalue weighted by atomic mass is 16.1. The zero-order valence-corrected chi connectivity index (χ0v) is 9.55. The van der Waals surface area contributed by atoms with E-state index in [9.17, 15) is 4.79 Å². The van der Waals surface area contributed by atoms with Crippen LogP contribution in [0.15, 0.2) is 10.9 Å². The largest absolute Gasteiger partial charge is 0.289 e. The molecule has 0 aliphatic carbocycles. The number of aromatic nitrogens is 2. The average Bonchev–Trinajstić information content (AvgIpc) is 2.42. The molecule has 0 aliphatic rings. The normalized spacial score (nSPS) is 12.0. The van der Waals surface area contributed by atoms with Crippen LogP contribution in [-0.4, -0.2) is 9.78 Å². The fraction of sp³-hybridized carbons (Fsp3) is 0.727. The SMILES string of the molecule is CCCCn1[nH]c(=O)cc1C(C)(C)C. The minimum absolute atomic E-state index is 0.00558. The van der Waals surface area contributed by atoms with Gasteiger partial charge in [0.05, 0.1) is 0 Å². The lowest BCUT2D eigenvalue weighted by Gasteiger charge is -2.20. The van der Waals surface area contributed by atoms with Gasteiger partial charge >= 0.3 is 0 Å². The highest BCUT2D eigenvalue weighted by Crippen LogP contribution is 2.20. The first-order valence-electron chi connectivity index (χ1n) is 5.25. The molecule has 0 spiro atoms. The molecule has 0 amide bonds. The van der Waals surface area contributed by atoms with Crippen molar-refractivity contribution in [1.29, 1.82) is 0 Å². The maximum atomic E-state index is 11.2. The third kappa shape index (κ3) is 2.50. The first-order chi connectivity index (χ1) is 6.45. The molecule has 0 aromatic carbocycles. The first kappa shape index (κ1) is 11.1. The molecule has 0 saturated carbocycles. The summed E-state index contributed by atoms with van der Waals surface area (Å²) in [7, 11) is 0. The van der Waals surface area contributed by atoms with Crippen molar-refractivity contribution in [1.82, 2.24) is 9.78 Å². The minimum Gasteiger partial charge on any atom is -0.289 e. The Labute approximate surface area is 85.1 Å². The summed E-state index contributed by atoms with van der Waals surface area (Å²) >= 11 is 0. The van der Waals surface area contributed by atoms with Crippen molar-refractivity contribution in [3.05, 3.63) is 22.1 Å². The summed E-state index contributed by atoms with van der Waals surface area (Å²) in [4.78, 5) is 11.2. The fourth-order valence-corrected chi connectivity index (χ4v) is 1.54. The molecular weight excluding hydrogens is 176 g/mol. The molecule has 0 bridgehead atoms. The topological polar surface area (TPSA) is 37.8 Å². The number of hydrogen-bond acceptors (Lipinski definition) is 1. The van der Waals surface area contributed by atoms with Crippen LogP contribution in [0.3, 0.4) is 0 Å². The van der Waals surface area contributed by atoms with E-state index in [-0.39, 0.29) is 11.0 Å². The summed E-state index contributed by atoms with van der Waals surface area (Å²) in [6.45, 7) is 9.43. The number of rotatable bonds is 3. The average molecular weight is 196 g/mol. The van der Waals surface area contributed by atoms with Crippen LogP contribution in [0.25, 0.3) is 0 Å². The quantitative estimate of drug-likeness (QED) is 0.791. The number of hydrogen-bond donors (Lipinski definition) is 1. The molecule has 80 valence electrons. The van der Waals surface area contributed by atoms with Gasteiger partial charge in [-0.05, 0) is 6.42 Å². The predicted octanol–water partition coefficient (Wildman–Crippen LogP) is 2.27. The highest BCUT2D eigenvalue weighted by molar-refractivity contribution is 5.11. The lowest BCUT2D eigenvalue weighted by Crippen LogP contribution is -2.18. The summed E-state index contributed by atoms with van der Waals surface area (Å²) in [5.41, 5.74) is 1.13. The molecule has 1 N–H and O–H groups in total. The number of H-pyrrole nitrogens is 1. The van der Waals surface area contributed by atoms with E-state index in [1.165, 1.54) is 0 Å². The Morgan fingerprint density at radius 3 is 2.57 bits per heavy atom. The van der Waals surface area contributed by atoms with Crippen molar-refractivity contribution in [2.75, 3.05) is 0 Å². The Morgan fingerprint density at radius 1 is 1.43 bits per heavy atom. The van der Waals surface area contributed by atoms with E-state index in [1.54, 1.807) is 6.07 Å². The number of unbranched alkanes of at least 4 members (excludes halogenated alkanes) is 1. The molecule has 0 fully saturated rings. The molecule has 0 unspecified atom stereocenters. The van der Waals surface area contributed by atoms with Crippen molar-refractivity contribution in [2.24, 2.45) is 0 Å². The molecule has 0 atom stereocenters. The molecule has 0 saturated heterocycles. The van der Waals surface area contributed by atoms with Gasteiger partial charge in [0.25, 0.3) is 5.56 Å². The molecule has 0 radical (unpaired) electrons. The van der Waals surface area contributed by atoms with Crippen LogP contribution in [0, 0.1) is 0 Å².